The lowest BCUT2D eigenvalue weighted by Crippen LogP contribution is -2.47. The quantitative estimate of drug-likeness (QED) is 0.500. The summed E-state index contributed by atoms with van der Waals surface area (Å²) in [7, 11) is 0. The van der Waals surface area contributed by atoms with Gasteiger partial charge in [-0.25, -0.2) is 14.4 Å². The van der Waals surface area contributed by atoms with Crippen molar-refractivity contribution < 1.29 is 22.8 Å². The number of alkyl halides is 1. The van der Waals surface area contributed by atoms with E-state index in [2.05, 4.69) is 15.3 Å². The number of hydrogen-bond acceptors (Lipinski definition) is 5. The number of amides is 2. The van der Waals surface area contributed by atoms with Gasteiger partial charge in [0.15, 0.2) is 0 Å². The van der Waals surface area contributed by atoms with Crippen molar-refractivity contribution in [2.75, 3.05) is 6.54 Å². The second kappa shape index (κ2) is 9.79. The molecule has 2 aromatic heterocycles. The van der Waals surface area contributed by atoms with E-state index < -0.39 is 36.0 Å². The van der Waals surface area contributed by atoms with Crippen LogP contribution >= 0.6 is 0 Å². The Balaban J connectivity index is 1.37. The highest BCUT2D eigenvalue weighted by molar-refractivity contribution is 5.89. The molecule has 1 aromatic carbocycles. The molecule has 0 bridgehead atoms. The third-order valence-corrected chi connectivity index (χ3v) is 6.88. The first-order valence-electron chi connectivity index (χ1n) is 12.2. The number of aryl methyl sites for hydroxylation is 2. The zero-order chi connectivity index (χ0) is 25.4. The van der Waals surface area contributed by atoms with E-state index in [1.807, 2.05) is 30.3 Å². The van der Waals surface area contributed by atoms with Crippen LogP contribution in [0.25, 0.3) is 0 Å². The molecule has 0 spiro atoms. The van der Waals surface area contributed by atoms with Crippen molar-refractivity contribution in [2.45, 2.75) is 63.7 Å². The van der Waals surface area contributed by atoms with Crippen LogP contribution < -0.4 is 5.32 Å². The molecule has 1 N–H and O–H groups in total. The number of halogens is 2. The topological polar surface area (TPSA) is 88.3 Å². The Morgan fingerprint density at radius 2 is 1.89 bits per heavy atom. The Kier molecular flexibility index (Phi) is 6.55. The number of nitrogens with zero attached hydrogens (tertiary/aromatic N) is 3. The van der Waals surface area contributed by atoms with Gasteiger partial charge in [0, 0.05) is 12.0 Å². The number of rotatable bonds is 7. The molecule has 36 heavy (non-hydrogen) atoms. The molecular weight excluding hydrogens is 466 g/mol. The molecule has 188 valence electrons. The van der Waals surface area contributed by atoms with Crippen LogP contribution in [0.5, 0.6) is 0 Å². The molecule has 3 atom stereocenters. The predicted octanol–water partition coefficient (Wildman–Crippen LogP) is 4.09. The maximum atomic E-state index is 14.8. The number of aromatic nitrogens is 2. The molecule has 7 nitrogen and oxygen atoms in total. The Morgan fingerprint density at radius 3 is 2.53 bits per heavy atom. The number of carbonyl (C=O) groups excluding carboxylic acids is 2. The van der Waals surface area contributed by atoms with E-state index in [0.717, 1.165) is 12.8 Å². The van der Waals surface area contributed by atoms with Crippen LogP contribution in [0.15, 0.2) is 46.9 Å². The van der Waals surface area contributed by atoms with E-state index in [9.17, 15) is 18.4 Å². The lowest BCUT2D eigenvalue weighted by atomic mass is 10.0. The predicted molar refractivity (Wildman–Crippen MR) is 127 cm³/mol. The minimum Gasteiger partial charge on any atom is -0.445 e. The van der Waals surface area contributed by atoms with Crippen molar-refractivity contribution in [3.05, 3.63) is 82.6 Å². The van der Waals surface area contributed by atoms with Gasteiger partial charge in [0.25, 0.3) is 0 Å². The first-order valence-corrected chi connectivity index (χ1v) is 12.2. The van der Waals surface area contributed by atoms with Gasteiger partial charge in [-0.1, -0.05) is 36.4 Å². The highest BCUT2D eigenvalue weighted by atomic mass is 19.1. The normalized spacial score (nSPS) is 20.4. The van der Waals surface area contributed by atoms with Gasteiger partial charge in [0.1, 0.15) is 24.4 Å². The van der Waals surface area contributed by atoms with Crippen LogP contribution in [0.2, 0.25) is 0 Å². The molecule has 2 amide bonds. The Bertz CT molecular complexity index is 1260. The molecule has 2 fully saturated rings. The summed E-state index contributed by atoms with van der Waals surface area (Å²) in [6.45, 7) is 3.33. The summed E-state index contributed by atoms with van der Waals surface area (Å²) in [6, 6.07) is 10.8. The summed E-state index contributed by atoms with van der Waals surface area (Å²) < 4.78 is 34.7. The highest BCUT2D eigenvalue weighted by Gasteiger charge is 2.41. The van der Waals surface area contributed by atoms with E-state index in [1.165, 1.54) is 4.90 Å². The number of carbonyl (C=O) groups is 2. The summed E-state index contributed by atoms with van der Waals surface area (Å²) in [4.78, 5) is 36.0. The lowest BCUT2D eigenvalue weighted by Gasteiger charge is -2.26. The van der Waals surface area contributed by atoms with Gasteiger partial charge in [-0.05, 0) is 44.2 Å². The fourth-order valence-electron chi connectivity index (χ4n) is 4.69. The number of hydrogen-bond donors (Lipinski definition) is 1. The summed E-state index contributed by atoms with van der Waals surface area (Å²) in [5.74, 6) is -0.462. The van der Waals surface area contributed by atoms with Crippen LogP contribution in [0.1, 0.15) is 65.4 Å². The molecular formula is C27H28F2N4O3. The Labute approximate surface area is 207 Å². The summed E-state index contributed by atoms with van der Waals surface area (Å²) in [6.07, 6.45) is 0.272. The van der Waals surface area contributed by atoms with Crippen LogP contribution in [0, 0.1) is 19.8 Å². The van der Waals surface area contributed by atoms with Crippen LogP contribution in [0.3, 0.4) is 0 Å². The van der Waals surface area contributed by atoms with Crippen molar-refractivity contribution >= 4 is 11.8 Å². The van der Waals surface area contributed by atoms with Gasteiger partial charge < -0.3 is 14.6 Å². The molecule has 0 radical (unpaired) electrons. The number of likely N-dealkylation sites (tertiary alicyclic amines) is 1. The first kappa shape index (κ1) is 24.1. The largest absolute Gasteiger partial charge is 0.445 e. The summed E-state index contributed by atoms with van der Waals surface area (Å²) in [5, 5.41) is 2.90. The van der Waals surface area contributed by atoms with Crippen molar-refractivity contribution in [2.24, 2.45) is 0 Å². The van der Waals surface area contributed by atoms with Gasteiger partial charge in [-0.3, -0.25) is 9.59 Å². The van der Waals surface area contributed by atoms with E-state index in [-0.39, 0.29) is 31.2 Å². The molecule has 9 heteroatoms. The minimum atomic E-state index is -1.33. The van der Waals surface area contributed by atoms with Crippen molar-refractivity contribution in [1.82, 2.24) is 20.2 Å². The summed E-state index contributed by atoms with van der Waals surface area (Å²) in [5.41, 5.74) is 2.31. The zero-order valence-corrected chi connectivity index (χ0v) is 20.2. The number of oxazole rings is 1. The van der Waals surface area contributed by atoms with E-state index >= 15 is 0 Å². The fourth-order valence-corrected chi connectivity index (χ4v) is 4.69. The number of nitrogens with one attached hydrogen (secondary N) is 1. The summed E-state index contributed by atoms with van der Waals surface area (Å²) >= 11 is 0. The molecule has 1 saturated carbocycles. The number of pyridine rings is 1. The van der Waals surface area contributed by atoms with Gasteiger partial charge >= 0.3 is 0 Å². The van der Waals surface area contributed by atoms with E-state index in [4.69, 9.17) is 4.42 Å². The molecule has 5 rings (SSSR count). The average molecular weight is 495 g/mol. The van der Waals surface area contributed by atoms with Crippen LogP contribution in [-0.2, 0) is 16.0 Å². The molecule has 3 unspecified atom stereocenters. The molecule has 1 aliphatic carbocycles. The van der Waals surface area contributed by atoms with E-state index in [0.29, 0.717) is 28.3 Å². The van der Waals surface area contributed by atoms with E-state index in [1.54, 1.807) is 26.0 Å². The Hall–Kier alpha value is -3.62. The fraction of sp³-hybridized carbons (Fsp3) is 0.407. The van der Waals surface area contributed by atoms with Crippen molar-refractivity contribution in [3.8, 4) is 0 Å². The van der Waals surface area contributed by atoms with Crippen molar-refractivity contribution in [1.29, 1.82) is 0 Å². The third-order valence-electron chi connectivity index (χ3n) is 6.88. The zero-order valence-electron chi connectivity index (χ0n) is 20.2. The molecule has 1 aliphatic heterocycles. The molecule has 1 saturated heterocycles. The van der Waals surface area contributed by atoms with Gasteiger partial charge in [-0.2, -0.15) is 4.39 Å². The maximum Gasteiger partial charge on any atom is 0.243 e. The maximum absolute atomic E-state index is 14.8. The van der Waals surface area contributed by atoms with Crippen molar-refractivity contribution in [3.63, 3.8) is 0 Å². The smallest absolute Gasteiger partial charge is 0.243 e. The number of benzene rings is 1. The second-order valence-electron chi connectivity index (χ2n) is 9.56. The molecule has 2 aliphatic rings. The van der Waals surface area contributed by atoms with Gasteiger partial charge in [0.05, 0.1) is 24.0 Å². The third kappa shape index (κ3) is 5.01. The second-order valence-corrected chi connectivity index (χ2v) is 9.56. The average Bonchev–Trinajstić information content (AvgIpc) is 3.54. The SMILES string of the molecule is Cc1nc(CC(=O)N2CC(F)CC2C(=O)NC(c2ccccc2)c2ccc(C3CC3)c(F)n2)oc1C. The lowest BCUT2D eigenvalue weighted by molar-refractivity contribution is -0.138. The highest BCUT2D eigenvalue weighted by Crippen LogP contribution is 2.41. The van der Waals surface area contributed by atoms with Crippen LogP contribution in [-0.4, -0.2) is 45.4 Å². The standard InChI is InChI=1S/C27H28F2N4O3/c1-15-16(2)36-23(30-15)13-24(34)33-14-19(28)12-22(33)27(35)32-25(18-6-4-3-5-7-18)21-11-10-20(17-8-9-17)26(29)31-21/h3-7,10-11,17,19,22,25H,8-9,12-14H2,1-2H3,(H,32,35). The Morgan fingerprint density at radius 1 is 1.14 bits per heavy atom. The monoisotopic (exact) mass is 494 g/mol. The van der Waals surface area contributed by atoms with Gasteiger partial charge in [0.2, 0.25) is 23.7 Å². The minimum absolute atomic E-state index is 0.120. The molecule has 3 aromatic rings. The first-order chi connectivity index (χ1) is 17.3. The van der Waals surface area contributed by atoms with Crippen LogP contribution in [0.4, 0.5) is 8.78 Å². The molecule has 3 heterocycles. The van der Waals surface area contributed by atoms with Gasteiger partial charge in [-0.15, -0.1) is 0 Å².